The lowest BCUT2D eigenvalue weighted by Gasteiger charge is -2.36. The van der Waals surface area contributed by atoms with Crippen molar-refractivity contribution in [3.63, 3.8) is 0 Å². The normalized spacial score (nSPS) is 23.8. The second-order valence-corrected chi connectivity index (χ2v) is 17.7. The van der Waals surface area contributed by atoms with Crippen molar-refractivity contribution in [2.24, 2.45) is 0 Å². The Bertz CT molecular complexity index is 1220. The van der Waals surface area contributed by atoms with Crippen LogP contribution < -0.4 is 5.32 Å². The lowest BCUT2D eigenvalue weighted by molar-refractivity contribution is -0.148. The van der Waals surface area contributed by atoms with Gasteiger partial charge in [-0.05, 0) is 65.2 Å². The summed E-state index contributed by atoms with van der Waals surface area (Å²) in [6.07, 6.45) is 2.68. The van der Waals surface area contributed by atoms with E-state index in [-0.39, 0.29) is 23.3 Å². The zero-order valence-electron chi connectivity index (χ0n) is 23.9. The first-order chi connectivity index (χ1) is 16.9. The maximum atomic E-state index is 12.5. The van der Waals surface area contributed by atoms with Gasteiger partial charge in [0.05, 0.1) is 18.2 Å². The number of amides is 1. The van der Waals surface area contributed by atoms with Gasteiger partial charge in [-0.15, -0.1) is 0 Å². The summed E-state index contributed by atoms with van der Waals surface area (Å²) in [5.74, 6) is 0.123. The van der Waals surface area contributed by atoms with E-state index in [2.05, 4.69) is 60.3 Å². The Morgan fingerprint density at radius 3 is 2.46 bits per heavy atom. The Hall–Kier alpha value is -2.34. The van der Waals surface area contributed by atoms with E-state index >= 15 is 0 Å². The smallest absolute Gasteiger partial charge is 0.413 e. The predicted octanol–water partition coefficient (Wildman–Crippen LogP) is 5.50. The molecule has 0 spiro atoms. The molecule has 1 aliphatic carbocycles. The second kappa shape index (κ2) is 9.14. The number of nitrogens with zero attached hydrogens (tertiary/aromatic N) is 4. The van der Waals surface area contributed by atoms with Gasteiger partial charge < -0.3 is 18.6 Å². The fourth-order valence-electron chi connectivity index (χ4n) is 4.30. The van der Waals surface area contributed by atoms with Crippen molar-refractivity contribution >= 4 is 31.3 Å². The first-order valence-corrected chi connectivity index (χ1v) is 15.7. The van der Waals surface area contributed by atoms with E-state index in [1.807, 2.05) is 39.3 Å². The van der Waals surface area contributed by atoms with E-state index in [0.29, 0.717) is 29.3 Å². The highest BCUT2D eigenvalue weighted by Crippen LogP contribution is 2.45. The summed E-state index contributed by atoms with van der Waals surface area (Å²) in [5.41, 5.74) is 1.01. The van der Waals surface area contributed by atoms with E-state index in [1.54, 1.807) is 13.1 Å². The highest BCUT2D eigenvalue weighted by atomic mass is 28.4. The van der Waals surface area contributed by atoms with E-state index in [1.165, 1.54) is 0 Å². The number of ether oxygens (including phenoxy) is 3. The molecule has 0 radical (unpaired) electrons. The van der Waals surface area contributed by atoms with Crippen molar-refractivity contribution in [3.05, 3.63) is 23.7 Å². The third kappa shape index (κ3) is 5.74. The maximum Gasteiger partial charge on any atom is 0.413 e. The topological polar surface area (TPSA) is 110 Å². The highest BCUT2D eigenvalue weighted by Gasteiger charge is 2.51. The molecule has 3 heterocycles. The molecule has 2 aliphatic rings. The monoisotopic (exact) mass is 531 g/mol. The number of hydrogen-bond donors (Lipinski definition) is 1. The molecular formula is C26H41N5O5Si. The van der Waals surface area contributed by atoms with Gasteiger partial charge in [-0.1, -0.05) is 26.8 Å². The van der Waals surface area contributed by atoms with Crippen LogP contribution in [0.2, 0.25) is 18.1 Å². The fraction of sp³-hybridized carbons (Fsp3) is 0.692. The minimum absolute atomic E-state index is 0.0987. The molecule has 2 aromatic heterocycles. The predicted molar refractivity (Wildman–Crippen MR) is 144 cm³/mol. The molecule has 0 saturated carbocycles. The first kappa shape index (κ1) is 27.7. The number of aryl methyl sites for hydroxylation is 1. The van der Waals surface area contributed by atoms with Gasteiger partial charge in [0.2, 0.25) is 0 Å². The maximum absolute atomic E-state index is 12.5. The van der Waals surface area contributed by atoms with Crippen LogP contribution in [-0.4, -0.2) is 64.4 Å². The zero-order chi connectivity index (χ0) is 27.6. The molecule has 204 valence electrons. The molecule has 37 heavy (non-hydrogen) atoms. The van der Waals surface area contributed by atoms with E-state index in [9.17, 15) is 4.79 Å². The van der Waals surface area contributed by atoms with Crippen LogP contribution in [0.25, 0.3) is 11.0 Å². The minimum atomic E-state index is -1.96. The van der Waals surface area contributed by atoms with Crippen LogP contribution in [0.15, 0.2) is 17.8 Å². The largest absolute Gasteiger partial charge is 0.444 e. The summed E-state index contributed by atoms with van der Waals surface area (Å²) in [4.78, 5) is 21.6. The molecule has 1 aliphatic heterocycles. The molecule has 1 fully saturated rings. The van der Waals surface area contributed by atoms with E-state index in [4.69, 9.17) is 18.6 Å². The third-order valence-electron chi connectivity index (χ3n) is 7.09. The van der Waals surface area contributed by atoms with E-state index < -0.39 is 25.8 Å². The molecule has 1 saturated heterocycles. The van der Waals surface area contributed by atoms with Crippen molar-refractivity contribution in [3.8, 4) is 0 Å². The summed E-state index contributed by atoms with van der Waals surface area (Å²) in [6.45, 7) is 22.7. The average Bonchev–Trinajstić information content (AvgIpc) is 3.34. The van der Waals surface area contributed by atoms with Gasteiger partial charge in [0, 0.05) is 0 Å². The van der Waals surface area contributed by atoms with Crippen LogP contribution in [0.3, 0.4) is 0 Å². The molecule has 2 aromatic rings. The molecule has 10 nitrogen and oxygen atoms in total. The van der Waals surface area contributed by atoms with Crippen LogP contribution in [-0.2, 0) is 18.6 Å². The van der Waals surface area contributed by atoms with Gasteiger partial charge in [-0.25, -0.2) is 19.4 Å². The van der Waals surface area contributed by atoms with Gasteiger partial charge in [-0.2, -0.15) is 5.10 Å². The van der Waals surface area contributed by atoms with Crippen molar-refractivity contribution < 1.29 is 23.4 Å². The average molecular weight is 532 g/mol. The van der Waals surface area contributed by atoms with Crippen LogP contribution in [0, 0.1) is 6.92 Å². The summed E-state index contributed by atoms with van der Waals surface area (Å²) < 4.78 is 26.5. The summed E-state index contributed by atoms with van der Waals surface area (Å²) in [6, 6.07) is -0.258. The quantitative estimate of drug-likeness (QED) is 0.398. The van der Waals surface area contributed by atoms with Crippen molar-refractivity contribution in [2.75, 3.05) is 11.9 Å². The number of carbonyl (C=O) groups excluding carboxylic acids is 1. The van der Waals surface area contributed by atoms with Crippen molar-refractivity contribution in [1.82, 2.24) is 19.7 Å². The molecule has 4 rings (SSSR count). The van der Waals surface area contributed by atoms with Crippen LogP contribution in [0.1, 0.15) is 67.3 Å². The number of anilines is 1. The number of nitrogens with one attached hydrogen (secondary N) is 1. The number of aromatic nitrogens is 4. The third-order valence-corrected chi connectivity index (χ3v) is 11.6. The van der Waals surface area contributed by atoms with Crippen molar-refractivity contribution in [1.29, 1.82) is 0 Å². The van der Waals surface area contributed by atoms with Gasteiger partial charge in [0.25, 0.3) is 0 Å². The standard InChI is InChI=1S/C26H41N5O5Si/c1-15-28-21(30-23(32)36-24(2,3)4)17-13-27-31(22(17)29-15)18-12-16(14-33-37(10,11)25(5,6)7)19-20(18)35-26(8,9)34-19/h12-13,18-20H,14H2,1-11H3,(H,28,29,30,32)/t18-,19-,20+/m1/s1. The lowest BCUT2D eigenvalue weighted by Crippen LogP contribution is -2.41. The molecule has 0 bridgehead atoms. The van der Waals surface area contributed by atoms with E-state index in [0.717, 1.165) is 5.57 Å². The lowest BCUT2D eigenvalue weighted by atomic mass is 10.1. The highest BCUT2D eigenvalue weighted by molar-refractivity contribution is 6.74. The van der Waals surface area contributed by atoms with Gasteiger partial charge in [0.1, 0.15) is 35.5 Å². The van der Waals surface area contributed by atoms with Crippen LogP contribution in [0.5, 0.6) is 0 Å². The summed E-state index contributed by atoms with van der Waals surface area (Å²) in [7, 11) is -1.96. The zero-order valence-corrected chi connectivity index (χ0v) is 24.9. The Labute approximate surface area is 220 Å². The summed E-state index contributed by atoms with van der Waals surface area (Å²) >= 11 is 0. The molecule has 1 amide bonds. The first-order valence-electron chi connectivity index (χ1n) is 12.8. The number of hydrogen-bond acceptors (Lipinski definition) is 8. The Kier molecular flexibility index (Phi) is 6.84. The number of fused-ring (bicyclic) bond motifs is 2. The van der Waals surface area contributed by atoms with Gasteiger partial charge in [-0.3, -0.25) is 5.32 Å². The van der Waals surface area contributed by atoms with Gasteiger partial charge >= 0.3 is 6.09 Å². The Morgan fingerprint density at radius 2 is 1.84 bits per heavy atom. The molecule has 0 unspecified atom stereocenters. The van der Waals surface area contributed by atoms with Crippen LogP contribution in [0.4, 0.5) is 10.6 Å². The SMILES string of the molecule is Cc1nc(NC(=O)OC(C)(C)C)c2cnn([C@@H]3C=C(CO[Si](C)(C)C(C)(C)C)[C@H]4OC(C)(C)O[C@H]43)c2n1. The molecular weight excluding hydrogens is 490 g/mol. The summed E-state index contributed by atoms with van der Waals surface area (Å²) in [5, 5.41) is 8.13. The number of carbonyl (C=O) groups is 1. The van der Waals surface area contributed by atoms with Crippen molar-refractivity contribution in [2.45, 2.75) is 110 Å². The molecule has 1 N–H and O–H groups in total. The van der Waals surface area contributed by atoms with Gasteiger partial charge in [0.15, 0.2) is 19.8 Å². The second-order valence-electron chi connectivity index (χ2n) is 12.9. The minimum Gasteiger partial charge on any atom is -0.444 e. The fourth-order valence-corrected chi connectivity index (χ4v) is 5.26. The molecule has 11 heteroatoms. The molecule has 0 aromatic carbocycles. The Balaban J connectivity index is 1.68. The van der Waals surface area contributed by atoms with Crippen LogP contribution >= 0.6 is 0 Å². The molecule has 3 atom stereocenters. The Morgan fingerprint density at radius 1 is 1.16 bits per heavy atom. The number of rotatable bonds is 5.